The van der Waals surface area contributed by atoms with Crippen molar-refractivity contribution in [2.75, 3.05) is 6.61 Å². The molecule has 11 heavy (non-hydrogen) atoms. The molecule has 2 rings (SSSR count). The third kappa shape index (κ3) is 0.888. The van der Waals surface area contributed by atoms with Crippen molar-refractivity contribution in [3.63, 3.8) is 0 Å². The molecule has 0 aromatic carbocycles. The van der Waals surface area contributed by atoms with Crippen molar-refractivity contribution in [1.82, 2.24) is 0 Å². The molecule has 56 valence electrons. The van der Waals surface area contributed by atoms with Gasteiger partial charge >= 0.3 is 0 Å². The van der Waals surface area contributed by atoms with E-state index in [0.29, 0.717) is 17.8 Å². The lowest BCUT2D eigenvalue weighted by Gasteiger charge is -2.02. The highest BCUT2D eigenvalue weighted by molar-refractivity contribution is 6.09. The van der Waals surface area contributed by atoms with Crippen LogP contribution in [0.5, 0.6) is 0 Å². The molecule has 0 radical (unpaired) electrons. The Hall–Kier alpha value is -1.38. The molecule has 3 heteroatoms. The first-order chi connectivity index (χ1) is 5.27. The van der Waals surface area contributed by atoms with Crippen LogP contribution in [-0.2, 0) is 14.3 Å². The van der Waals surface area contributed by atoms with Gasteiger partial charge in [0, 0.05) is 6.42 Å². The maximum Gasteiger partial charge on any atom is 0.204 e. The lowest BCUT2D eigenvalue weighted by atomic mass is 10.0. The molecule has 0 amide bonds. The van der Waals surface area contributed by atoms with Crippen LogP contribution in [0.4, 0.5) is 0 Å². The van der Waals surface area contributed by atoms with Crippen molar-refractivity contribution in [1.29, 1.82) is 0 Å². The Morgan fingerprint density at radius 2 is 2.18 bits per heavy atom. The molecule has 1 heterocycles. The number of allylic oxidation sites excluding steroid dienone is 3. The van der Waals surface area contributed by atoms with Gasteiger partial charge in [-0.1, -0.05) is 0 Å². The number of rotatable bonds is 0. The summed E-state index contributed by atoms with van der Waals surface area (Å²) < 4.78 is 5.01. The van der Waals surface area contributed by atoms with Crippen LogP contribution in [0.2, 0.25) is 0 Å². The van der Waals surface area contributed by atoms with Crippen LogP contribution in [-0.4, -0.2) is 18.2 Å². The van der Waals surface area contributed by atoms with Crippen molar-refractivity contribution >= 4 is 11.6 Å². The number of hydrogen-bond donors (Lipinski definition) is 0. The summed E-state index contributed by atoms with van der Waals surface area (Å²) >= 11 is 0. The van der Waals surface area contributed by atoms with Gasteiger partial charge in [-0.25, -0.2) is 0 Å². The molecule has 3 nitrogen and oxygen atoms in total. The highest BCUT2D eigenvalue weighted by Gasteiger charge is 2.27. The Labute approximate surface area is 63.3 Å². The maximum absolute atomic E-state index is 11.0. The van der Waals surface area contributed by atoms with Crippen LogP contribution < -0.4 is 0 Å². The van der Waals surface area contributed by atoms with Crippen LogP contribution in [0.1, 0.15) is 6.42 Å². The molecule has 0 N–H and O–H groups in total. The predicted octanol–water partition coefficient (Wildman–Crippen LogP) is 0.369. The van der Waals surface area contributed by atoms with Crippen LogP contribution in [0.25, 0.3) is 0 Å². The van der Waals surface area contributed by atoms with Gasteiger partial charge in [-0.3, -0.25) is 9.59 Å². The molecule has 0 aromatic heterocycles. The van der Waals surface area contributed by atoms with Gasteiger partial charge in [-0.15, -0.1) is 0 Å². The lowest BCUT2D eigenvalue weighted by Crippen LogP contribution is -2.04. The zero-order valence-corrected chi connectivity index (χ0v) is 5.79. The number of ketones is 2. The SMILES string of the molecule is O=C1C=C2C(=O)COC2=CC1. The second kappa shape index (κ2) is 2.05. The fourth-order valence-corrected chi connectivity index (χ4v) is 1.17. The Balaban J connectivity index is 2.44. The van der Waals surface area contributed by atoms with Gasteiger partial charge in [0.1, 0.15) is 5.76 Å². The molecule has 0 unspecified atom stereocenters. The molecule has 1 aliphatic heterocycles. The third-order valence-electron chi connectivity index (χ3n) is 1.72. The first-order valence-electron chi connectivity index (χ1n) is 3.38. The molecule has 2 aliphatic rings. The van der Waals surface area contributed by atoms with E-state index in [9.17, 15) is 9.59 Å². The summed E-state index contributed by atoms with van der Waals surface area (Å²) in [6.07, 6.45) is 3.37. The van der Waals surface area contributed by atoms with E-state index in [0.717, 1.165) is 0 Å². The van der Waals surface area contributed by atoms with E-state index in [2.05, 4.69) is 0 Å². The van der Waals surface area contributed by atoms with E-state index >= 15 is 0 Å². The van der Waals surface area contributed by atoms with E-state index in [1.165, 1.54) is 6.08 Å². The number of fused-ring (bicyclic) bond motifs is 1. The second-order valence-electron chi connectivity index (χ2n) is 2.51. The summed E-state index contributed by atoms with van der Waals surface area (Å²) in [6, 6.07) is 0. The Kier molecular flexibility index (Phi) is 1.18. The Morgan fingerprint density at radius 3 is 3.00 bits per heavy atom. The number of ether oxygens (including phenoxy) is 1. The van der Waals surface area contributed by atoms with Crippen LogP contribution in [0.15, 0.2) is 23.5 Å². The summed E-state index contributed by atoms with van der Waals surface area (Å²) in [4.78, 5) is 21.8. The standard InChI is InChI=1S/C8H6O3/c9-5-1-2-8-6(3-5)7(10)4-11-8/h2-3H,1,4H2. The van der Waals surface area contributed by atoms with Gasteiger partial charge in [0.25, 0.3) is 0 Å². The predicted molar refractivity (Wildman–Crippen MR) is 36.7 cm³/mol. The smallest absolute Gasteiger partial charge is 0.204 e. The minimum absolute atomic E-state index is 0.0254. The minimum atomic E-state index is -0.0932. The maximum atomic E-state index is 11.0. The zero-order valence-electron chi connectivity index (χ0n) is 5.79. The monoisotopic (exact) mass is 150 g/mol. The number of hydrogen-bond acceptors (Lipinski definition) is 3. The summed E-state index contributed by atoms with van der Waals surface area (Å²) in [7, 11) is 0. The van der Waals surface area contributed by atoms with E-state index in [1.54, 1.807) is 6.08 Å². The normalized spacial score (nSPS) is 22.2. The van der Waals surface area contributed by atoms with Crippen molar-refractivity contribution < 1.29 is 14.3 Å². The lowest BCUT2D eigenvalue weighted by molar-refractivity contribution is -0.117. The number of carbonyl (C=O) groups excluding carboxylic acids is 2. The third-order valence-corrected chi connectivity index (χ3v) is 1.72. The average molecular weight is 150 g/mol. The van der Waals surface area contributed by atoms with E-state index in [4.69, 9.17) is 4.74 Å². The first-order valence-corrected chi connectivity index (χ1v) is 3.38. The first kappa shape index (κ1) is 6.34. The minimum Gasteiger partial charge on any atom is -0.485 e. The Bertz CT molecular complexity index is 296. The average Bonchev–Trinajstić information content (AvgIpc) is 2.33. The molecule has 0 atom stereocenters. The fraction of sp³-hybridized carbons (Fsp3) is 0.250. The van der Waals surface area contributed by atoms with Gasteiger partial charge in [0.15, 0.2) is 12.4 Å². The van der Waals surface area contributed by atoms with Gasteiger partial charge in [-0.05, 0) is 12.2 Å². The summed E-state index contributed by atoms with van der Waals surface area (Å²) in [5, 5.41) is 0. The largest absolute Gasteiger partial charge is 0.485 e. The highest BCUT2D eigenvalue weighted by atomic mass is 16.5. The van der Waals surface area contributed by atoms with Crippen molar-refractivity contribution in [3.05, 3.63) is 23.5 Å². The van der Waals surface area contributed by atoms with E-state index in [1.807, 2.05) is 0 Å². The molecule has 1 fully saturated rings. The molecule has 1 aliphatic carbocycles. The van der Waals surface area contributed by atoms with Gasteiger partial charge in [0.05, 0.1) is 5.57 Å². The zero-order chi connectivity index (χ0) is 7.84. The topological polar surface area (TPSA) is 43.4 Å². The number of Topliss-reactive ketones (excluding diaryl/α,β-unsaturated/α-hetero) is 1. The Morgan fingerprint density at radius 1 is 1.36 bits per heavy atom. The summed E-state index contributed by atoms with van der Waals surface area (Å²) in [5.41, 5.74) is 0.446. The van der Waals surface area contributed by atoms with E-state index in [-0.39, 0.29) is 18.2 Å². The molecule has 0 bridgehead atoms. The molecule has 0 aromatic rings. The van der Waals surface area contributed by atoms with Gasteiger partial charge in [-0.2, -0.15) is 0 Å². The highest BCUT2D eigenvalue weighted by Crippen LogP contribution is 2.24. The molecular formula is C8H6O3. The molecule has 1 saturated heterocycles. The summed E-state index contributed by atoms with van der Waals surface area (Å²) in [6.45, 7) is 0.0882. The quantitative estimate of drug-likeness (QED) is 0.501. The van der Waals surface area contributed by atoms with Gasteiger partial charge < -0.3 is 4.74 Å². The van der Waals surface area contributed by atoms with Crippen LogP contribution in [0, 0.1) is 0 Å². The van der Waals surface area contributed by atoms with Crippen LogP contribution in [0.3, 0.4) is 0 Å². The van der Waals surface area contributed by atoms with E-state index < -0.39 is 0 Å². The number of carbonyl (C=O) groups is 2. The van der Waals surface area contributed by atoms with Crippen molar-refractivity contribution in [3.8, 4) is 0 Å². The molecule has 0 saturated carbocycles. The van der Waals surface area contributed by atoms with Gasteiger partial charge in [0.2, 0.25) is 5.78 Å². The molecular weight excluding hydrogens is 144 g/mol. The van der Waals surface area contributed by atoms with Crippen LogP contribution >= 0.6 is 0 Å². The van der Waals surface area contributed by atoms with Crippen molar-refractivity contribution in [2.24, 2.45) is 0 Å². The summed E-state index contributed by atoms with van der Waals surface area (Å²) in [5.74, 6) is 0.460. The fourth-order valence-electron chi connectivity index (χ4n) is 1.17. The second-order valence-corrected chi connectivity index (χ2v) is 2.51. The molecule has 0 spiro atoms. The van der Waals surface area contributed by atoms with Crippen molar-refractivity contribution in [2.45, 2.75) is 6.42 Å².